The lowest BCUT2D eigenvalue weighted by Gasteiger charge is -2.21. The van der Waals surface area contributed by atoms with E-state index in [1.54, 1.807) is 31.2 Å². The summed E-state index contributed by atoms with van der Waals surface area (Å²) in [6.45, 7) is 3.70. The summed E-state index contributed by atoms with van der Waals surface area (Å²) >= 11 is 0. The number of hydrogen-bond donors (Lipinski definition) is 0. The lowest BCUT2D eigenvalue weighted by Crippen LogP contribution is -2.36. The first-order valence-corrected chi connectivity index (χ1v) is 9.70. The molecule has 25 heavy (non-hydrogen) atoms. The van der Waals surface area contributed by atoms with Gasteiger partial charge in [0.25, 0.3) is 0 Å². The van der Waals surface area contributed by atoms with Gasteiger partial charge in [-0.1, -0.05) is 49.4 Å². The average Bonchev–Trinajstić information content (AvgIpc) is 2.62. The van der Waals surface area contributed by atoms with Crippen molar-refractivity contribution < 1.29 is 17.9 Å². The molecule has 0 unspecified atom stereocenters. The third kappa shape index (κ3) is 5.14. The topological polar surface area (TPSA) is 63.7 Å². The van der Waals surface area contributed by atoms with Crippen molar-refractivity contribution in [3.8, 4) is 0 Å². The molecule has 0 radical (unpaired) electrons. The molecule has 0 amide bonds. The molecule has 0 aliphatic rings. The van der Waals surface area contributed by atoms with Crippen LogP contribution in [0.5, 0.6) is 0 Å². The molecular formula is C19H23NO4S. The predicted octanol–water partition coefficient (Wildman–Crippen LogP) is 3.00. The molecule has 0 bridgehead atoms. The van der Waals surface area contributed by atoms with Gasteiger partial charge in [0, 0.05) is 6.54 Å². The van der Waals surface area contributed by atoms with Crippen molar-refractivity contribution in [3.63, 3.8) is 0 Å². The van der Waals surface area contributed by atoms with Crippen molar-refractivity contribution in [2.45, 2.75) is 31.7 Å². The van der Waals surface area contributed by atoms with E-state index in [9.17, 15) is 13.2 Å². The van der Waals surface area contributed by atoms with Crippen LogP contribution in [0.4, 0.5) is 0 Å². The highest BCUT2D eigenvalue weighted by Crippen LogP contribution is 2.19. The van der Waals surface area contributed by atoms with Crippen LogP contribution < -0.4 is 0 Å². The zero-order valence-electron chi connectivity index (χ0n) is 14.5. The fourth-order valence-corrected chi connectivity index (χ4v) is 3.78. The van der Waals surface area contributed by atoms with Gasteiger partial charge >= 0.3 is 5.97 Å². The Hall–Kier alpha value is -2.18. The zero-order chi connectivity index (χ0) is 18.3. The van der Waals surface area contributed by atoms with Crippen LogP contribution in [-0.4, -0.2) is 31.8 Å². The molecule has 0 atom stereocenters. The Morgan fingerprint density at radius 1 is 0.960 bits per heavy atom. The number of benzene rings is 2. The number of nitrogens with zero attached hydrogens (tertiary/aromatic N) is 1. The second-order valence-electron chi connectivity index (χ2n) is 5.56. The molecule has 0 saturated carbocycles. The number of carbonyl (C=O) groups is 1. The largest absolute Gasteiger partial charge is 0.465 e. The number of hydrogen-bond acceptors (Lipinski definition) is 4. The third-order valence-electron chi connectivity index (χ3n) is 3.78. The summed E-state index contributed by atoms with van der Waals surface area (Å²) in [6.07, 6.45) is 0.830. The molecule has 0 spiro atoms. The first kappa shape index (κ1) is 19.1. The molecule has 5 nitrogen and oxygen atoms in total. The molecule has 0 fully saturated rings. The van der Waals surface area contributed by atoms with E-state index in [1.165, 1.54) is 0 Å². The predicted molar refractivity (Wildman–Crippen MR) is 96.5 cm³/mol. The first-order chi connectivity index (χ1) is 12.0. The van der Waals surface area contributed by atoms with Gasteiger partial charge in [0.2, 0.25) is 10.0 Å². The van der Waals surface area contributed by atoms with Gasteiger partial charge in [-0.2, -0.15) is 4.31 Å². The maximum atomic E-state index is 13.0. The molecule has 134 valence electrons. The minimum atomic E-state index is -3.81. The van der Waals surface area contributed by atoms with Crippen LogP contribution in [0.15, 0.2) is 59.5 Å². The molecule has 0 saturated heterocycles. The van der Waals surface area contributed by atoms with Gasteiger partial charge in [0.1, 0.15) is 6.54 Å². The van der Waals surface area contributed by atoms with Gasteiger partial charge in [-0.05, 0) is 36.6 Å². The molecule has 0 N–H and O–H groups in total. The summed E-state index contributed by atoms with van der Waals surface area (Å²) in [5.41, 5.74) is 1.86. The summed E-state index contributed by atoms with van der Waals surface area (Å²) in [7, 11) is -3.81. The maximum Gasteiger partial charge on any atom is 0.321 e. The molecule has 0 aliphatic heterocycles. The Balaban J connectivity index is 2.32. The highest BCUT2D eigenvalue weighted by atomic mass is 32.2. The van der Waals surface area contributed by atoms with Crippen LogP contribution in [-0.2, 0) is 32.5 Å². The SMILES string of the molecule is CCOC(=O)CN(Cc1ccccc1)S(=O)(=O)c1ccc(CC)cc1. The minimum absolute atomic E-state index is 0.109. The van der Waals surface area contributed by atoms with Gasteiger partial charge in [-0.15, -0.1) is 0 Å². The van der Waals surface area contributed by atoms with Crippen molar-refractivity contribution in [2.24, 2.45) is 0 Å². The van der Waals surface area contributed by atoms with Crippen molar-refractivity contribution in [3.05, 3.63) is 65.7 Å². The fourth-order valence-electron chi connectivity index (χ4n) is 2.41. The minimum Gasteiger partial charge on any atom is -0.465 e. The van der Waals surface area contributed by atoms with Crippen LogP contribution >= 0.6 is 0 Å². The molecule has 6 heteroatoms. The molecule has 2 rings (SSSR count). The quantitative estimate of drug-likeness (QED) is 0.678. The number of esters is 1. The Morgan fingerprint density at radius 2 is 1.60 bits per heavy atom. The van der Waals surface area contributed by atoms with Gasteiger partial charge in [0.15, 0.2) is 0 Å². The Labute approximate surface area is 149 Å². The molecular weight excluding hydrogens is 338 g/mol. The van der Waals surface area contributed by atoms with Gasteiger partial charge in [-0.25, -0.2) is 8.42 Å². The van der Waals surface area contributed by atoms with Crippen molar-refractivity contribution in [1.82, 2.24) is 4.31 Å². The van der Waals surface area contributed by atoms with Crippen molar-refractivity contribution >= 4 is 16.0 Å². The van der Waals surface area contributed by atoms with E-state index in [-0.39, 0.29) is 24.6 Å². The fraction of sp³-hybridized carbons (Fsp3) is 0.316. The average molecular weight is 361 g/mol. The van der Waals surface area contributed by atoms with Gasteiger partial charge < -0.3 is 4.74 Å². The number of sulfonamides is 1. The number of carbonyl (C=O) groups excluding carboxylic acids is 1. The van der Waals surface area contributed by atoms with Crippen LogP contribution in [0.25, 0.3) is 0 Å². The van der Waals surface area contributed by atoms with E-state index in [1.807, 2.05) is 37.3 Å². The van der Waals surface area contributed by atoms with E-state index in [0.717, 1.165) is 21.9 Å². The van der Waals surface area contributed by atoms with Crippen LogP contribution in [0.2, 0.25) is 0 Å². The zero-order valence-corrected chi connectivity index (χ0v) is 15.3. The maximum absolute atomic E-state index is 13.0. The number of ether oxygens (including phenoxy) is 1. The Morgan fingerprint density at radius 3 is 2.16 bits per heavy atom. The normalized spacial score (nSPS) is 11.5. The lowest BCUT2D eigenvalue weighted by molar-refractivity contribution is -0.143. The highest BCUT2D eigenvalue weighted by molar-refractivity contribution is 7.89. The molecule has 0 aliphatic carbocycles. The standard InChI is InChI=1S/C19H23NO4S/c1-3-16-10-12-18(13-11-16)25(22,23)20(15-19(21)24-4-2)14-17-8-6-5-7-9-17/h5-13H,3-4,14-15H2,1-2H3. The summed E-state index contributed by atoms with van der Waals surface area (Å²) in [4.78, 5) is 12.1. The summed E-state index contributed by atoms with van der Waals surface area (Å²) in [5, 5.41) is 0. The molecule has 0 heterocycles. The smallest absolute Gasteiger partial charge is 0.321 e. The lowest BCUT2D eigenvalue weighted by atomic mass is 10.2. The van der Waals surface area contributed by atoms with Crippen LogP contribution in [0.3, 0.4) is 0 Å². The van der Waals surface area contributed by atoms with Crippen molar-refractivity contribution in [1.29, 1.82) is 0 Å². The van der Waals surface area contributed by atoms with E-state index in [0.29, 0.717) is 0 Å². The van der Waals surface area contributed by atoms with Crippen LogP contribution in [0.1, 0.15) is 25.0 Å². The van der Waals surface area contributed by atoms with E-state index >= 15 is 0 Å². The number of rotatable bonds is 8. The van der Waals surface area contributed by atoms with Crippen LogP contribution in [0, 0.1) is 0 Å². The highest BCUT2D eigenvalue weighted by Gasteiger charge is 2.27. The Kier molecular flexibility index (Phi) is 6.73. The van der Waals surface area contributed by atoms with E-state index < -0.39 is 16.0 Å². The molecule has 0 aromatic heterocycles. The number of aryl methyl sites for hydroxylation is 1. The van der Waals surface area contributed by atoms with E-state index in [2.05, 4.69) is 0 Å². The Bertz CT molecular complexity index is 786. The van der Waals surface area contributed by atoms with E-state index in [4.69, 9.17) is 4.74 Å². The third-order valence-corrected chi connectivity index (χ3v) is 5.59. The summed E-state index contributed by atoms with van der Waals surface area (Å²) in [5.74, 6) is -0.563. The second-order valence-corrected chi connectivity index (χ2v) is 7.50. The van der Waals surface area contributed by atoms with Gasteiger partial charge in [0.05, 0.1) is 11.5 Å². The monoisotopic (exact) mass is 361 g/mol. The van der Waals surface area contributed by atoms with Crippen molar-refractivity contribution in [2.75, 3.05) is 13.2 Å². The summed E-state index contributed by atoms with van der Waals surface area (Å²) in [6, 6.07) is 15.9. The molecule has 2 aromatic rings. The summed E-state index contributed by atoms with van der Waals surface area (Å²) < 4.78 is 32.1. The van der Waals surface area contributed by atoms with Gasteiger partial charge in [-0.3, -0.25) is 4.79 Å². The second kappa shape index (κ2) is 8.78. The first-order valence-electron chi connectivity index (χ1n) is 8.26. The molecule has 2 aromatic carbocycles.